The maximum Gasteiger partial charge on any atom is 0.299 e. The zero-order valence-electron chi connectivity index (χ0n) is 14.9. The number of nitro benzene ring substituents is 2. The lowest BCUT2D eigenvalue weighted by Gasteiger charge is -2.20. The number of amides is 1. The van der Waals surface area contributed by atoms with Crippen molar-refractivity contribution in [3.8, 4) is 0 Å². The van der Waals surface area contributed by atoms with Crippen LogP contribution in [0.15, 0.2) is 36.4 Å². The first kappa shape index (κ1) is 19.2. The largest absolute Gasteiger partial charge is 0.373 e. The first-order valence-corrected chi connectivity index (χ1v) is 8.49. The molecule has 9 nitrogen and oxygen atoms in total. The highest BCUT2D eigenvalue weighted by molar-refractivity contribution is 5.73. The number of hydrogen-bond acceptors (Lipinski definition) is 6. The van der Waals surface area contributed by atoms with E-state index in [4.69, 9.17) is 0 Å². The molecule has 0 bridgehead atoms. The lowest BCUT2D eigenvalue weighted by molar-refractivity contribution is -0.393. The number of fused-ring (bicyclic) bond motifs is 1. The second-order valence-electron chi connectivity index (χ2n) is 6.48. The summed E-state index contributed by atoms with van der Waals surface area (Å²) in [4.78, 5) is 34.3. The highest BCUT2D eigenvalue weighted by atomic mass is 19.1. The van der Waals surface area contributed by atoms with E-state index in [0.29, 0.717) is 18.5 Å². The van der Waals surface area contributed by atoms with E-state index in [1.54, 1.807) is 11.0 Å². The summed E-state index contributed by atoms with van der Waals surface area (Å²) >= 11 is 0. The molecule has 0 radical (unpaired) electrons. The van der Waals surface area contributed by atoms with Crippen LogP contribution in [0, 0.1) is 26.0 Å². The Balaban J connectivity index is 1.99. The lowest BCUT2D eigenvalue weighted by Crippen LogP contribution is -2.28. The predicted octanol–water partition coefficient (Wildman–Crippen LogP) is 3.55. The van der Waals surface area contributed by atoms with Crippen LogP contribution in [0.4, 0.5) is 21.5 Å². The molecule has 2 aromatic rings. The van der Waals surface area contributed by atoms with Gasteiger partial charge in [-0.15, -0.1) is 0 Å². The summed E-state index contributed by atoms with van der Waals surface area (Å²) in [7, 11) is 0. The molecule has 28 heavy (non-hydrogen) atoms. The minimum absolute atomic E-state index is 0.118. The van der Waals surface area contributed by atoms with E-state index in [9.17, 15) is 29.4 Å². The monoisotopic (exact) mass is 388 g/mol. The van der Waals surface area contributed by atoms with Crippen LogP contribution in [0.25, 0.3) is 0 Å². The van der Waals surface area contributed by atoms with Gasteiger partial charge in [0, 0.05) is 26.1 Å². The molecule has 3 rings (SSSR count). The van der Waals surface area contributed by atoms with Gasteiger partial charge in [-0.25, -0.2) is 4.39 Å². The summed E-state index contributed by atoms with van der Waals surface area (Å²) in [6.07, 6.45) is 0.437. The number of nitrogens with zero attached hydrogens (tertiary/aromatic N) is 3. The topological polar surface area (TPSA) is 119 Å². The summed E-state index contributed by atoms with van der Waals surface area (Å²) in [5.74, 6) is -0.596. The van der Waals surface area contributed by atoms with Crippen molar-refractivity contribution in [3.63, 3.8) is 0 Å². The Morgan fingerprint density at radius 2 is 1.93 bits per heavy atom. The number of benzene rings is 2. The van der Waals surface area contributed by atoms with Crippen molar-refractivity contribution in [2.24, 2.45) is 0 Å². The fourth-order valence-corrected chi connectivity index (χ4v) is 3.29. The zero-order valence-corrected chi connectivity index (χ0v) is 14.9. The van der Waals surface area contributed by atoms with Gasteiger partial charge in [0.1, 0.15) is 11.5 Å². The smallest absolute Gasteiger partial charge is 0.299 e. The molecule has 1 aliphatic heterocycles. The number of carbonyl (C=O) groups is 1. The molecule has 146 valence electrons. The number of non-ortho nitro benzene ring substituents is 1. The van der Waals surface area contributed by atoms with Gasteiger partial charge in [0.15, 0.2) is 0 Å². The SMILES string of the molecule is CC(=O)N1CCC(Nc2ccc([N+](=O)[O-])cc2[N+](=O)[O-])c2ccc(F)cc2C1. The van der Waals surface area contributed by atoms with Crippen LogP contribution >= 0.6 is 0 Å². The molecule has 1 amide bonds. The molecule has 1 atom stereocenters. The van der Waals surface area contributed by atoms with Crippen LogP contribution in [-0.4, -0.2) is 27.2 Å². The summed E-state index contributed by atoms with van der Waals surface area (Å²) < 4.78 is 13.7. The van der Waals surface area contributed by atoms with Gasteiger partial charge in [0.05, 0.1) is 22.0 Å². The second kappa shape index (κ2) is 7.59. The minimum atomic E-state index is -0.703. The molecule has 1 unspecified atom stereocenters. The van der Waals surface area contributed by atoms with Crippen molar-refractivity contribution < 1.29 is 19.0 Å². The first-order valence-electron chi connectivity index (χ1n) is 8.49. The Bertz CT molecular complexity index is 965. The maximum atomic E-state index is 13.7. The second-order valence-corrected chi connectivity index (χ2v) is 6.48. The number of hydrogen-bond donors (Lipinski definition) is 1. The Labute approximate surface area is 159 Å². The molecule has 0 spiro atoms. The molecular weight excluding hydrogens is 371 g/mol. The lowest BCUT2D eigenvalue weighted by atomic mass is 9.98. The van der Waals surface area contributed by atoms with Crippen LogP contribution < -0.4 is 5.32 Å². The molecule has 1 aliphatic rings. The number of halogens is 1. The third kappa shape index (κ3) is 3.90. The average Bonchev–Trinajstić information content (AvgIpc) is 2.81. The third-order valence-corrected chi connectivity index (χ3v) is 4.69. The molecule has 0 aliphatic carbocycles. The Hall–Kier alpha value is -3.56. The van der Waals surface area contributed by atoms with Gasteiger partial charge in [0.25, 0.3) is 11.4 Å². The fourth-order valence-electron chi connectivity index (χ4n) is 3.29. The highest BCUT2D eigenvalue weighted by Crippen LogP contribution is 2.35. The van der Waals surface area contributed by atoms with Gasteiger partial charge in [-0.1, -0.05) is 6.07 Å². The van der Waals surface area contributed by atoms with Crippen LogP contribution in [0.3, 0.4) is 0 Å². The molecule has 0 saturated carbocycles. The molecule has 0 saturated heterocycles. The van der Waals surface area contributed by atoms with Gasteiger partial charge in [-0.05, 0) is 35.7 Å². The number of nitro groups is 2. The van der Waals surface area contributed by atoms with Gasteiger partial charge in [-0.3, -0.25) is 25.0 Å². The van der Waals surface area contributed by atoms with Crippen molar-refractivity contribution in [2.45, 2.75) is 25.9 Å². The fraction of sp³-hybridized carbons (Fsp3) is 0.278. The van der Waals surface area contributed by atoms with Crippen LogP contribution in [0.5, 0.6) is 0 Å². The predicted molar refractivity (Wildman–Crippen MR) is 98.2 cm³/mol. The van der Waals surface area contributed by atoms with Gasteiger partial charge >= 0.3 is 0 Å². The van der Waals surface area contributed by atoms with Gasteiger partial charge in [-0.2, -0.15) is 0 Å². The quantitative estimate of drug-likeness (QED) is 0.632. The van der Waals surface area contributed by atoms with Crippen molar-refractivity contribution in [3.05, 3.63) is 73.6 Å². The number of nitrogens with one attached hydrogen (secondary N) is 1. The normalized spacial score (nSPS) is 16.1. The van der Waals surface area contributed by atoms with E-state index >= 15 is 0 Å². The summed E-state index contributed by atoms with van der Waals surface area (Å²) in [6.45, 7) is 2.04. The highest BCUT2D eigenvalue weighted by Gasteiger charge is 2.27. The molecule has 1 N–H and O–H groups in total. The average molecular weight is 388 g/mol. The molecule has 2 aromatic carbocycles. The van der Waals surface area contributed by atoms with Crippen molar-refractivity contribution in [1.29, 1.82) is 0 Å². The van der Waals surface area contributed by atoms with Crippen LogP contribution in [0.2, 0.25) is 0 Å². The van der Waals surface area contributed by atoms with Crippen LogP contribution in [0.1, 0.15) is 30.5 Å². The first-order chi connectivity index (χ1) is 13.3. The molecule has 10 heteroatoms. The van der Waals surface area contributed by atoms with Gasteiger partial charge in [0.2, 0.25) is 5.91 Å². The van der Waals surface area contributed by atoms with Crippen molar-refractivity contribution in [2.75, 3.05) is 11.9 Å². The minimum Gasteiger partial charge on any atom is -0.373 e. The van der Waals surface area contributed by atoms with E-state index in [0.717, 1.165) is 11.6 Å². The van der Waals surface area contributed by atoms with Gasteiger partial charge < -0.3 is 10.2 Å². The maximum absolute atomic E-state index is 13.7. The molecule has 0 fully saturated rings. The molecule has 1 heterocycles. The Kier molecular flexibility index (Phi) is 5.21. The number of rotatable bonds is 4. The van der Waals surface area contributed by atoms with E-state index in [-0.39, 0.29) is 23.8 Å². The molecular formula is C18H17FN4O5. The zero-order chi connectivity index (χ0) is 20.4. The standard InChI is InChI=1S/C18H17FN4O5/c1-11(24)21-7-6-16(15-4-2-13(19)8-12(15)10-21)20-17-5-3-14(22(25)26)9-18(17)23(27)28/h2-5,8-9,16,20H,6-7,10H2,1H3. The van der Waals surface area contributed by atoms with E-state index < -0.39 is 27.4 Å². The van der Waals surface area contributed by atoms with Crippen LogP contribution in [-0.2, 0) is 11.3 Å². The summed E-state index contributed by atoms with van der Waals surface area (Å²) in [6, 6.07) is 7.15. The summed E-state index contributed by atoms with van der Waals surface area (Å²) in [5, 5.41) is 25.3. The third-order valence-electron chi connectivity index (χ3n) is 4.69. The van der Waals surface area contributed by atoms with E-state index in [1.165, 1.54) is 31.2 Å². The van der Waals surface area contributed by atoms with Crippen molar-refractivity contribution >= 4 is 23.0 Å². The van der Waals surface area contributed by atoms with E-state index in [1.807, 2.05) is 0 Å². The Morgan fingerprint density at radius 1 is 1.18 bits per heavy atom. The van der Waals surface area contributed by atoms with Crippen molar-refractivity contribution in [1.82, 2.24) is 4.90 Å². The number of carbonyl (C=O) groups excluding carboxylic acids is 1. The number of anilines is 1. The summed E-state index contributed by atoms with van der Waals surface area (Å²) in [5.41, 5.74) is 0.633. The molecule has 0 aromatic heterocycles. The Morgan fingerprint density at radius 3 is 2.57 bits per heavy atom. The van der Waals surface area contributed by atoms with E-state index in [2.05, 4.69) is 5.32 Å².